The highest BCUT2D eigenvalue weighted by molar-refractivity contribution is 5.86. The molecule has 4 N–H and O–H groups in total. The first-order valence-corrected chi connectivity index (χ1v) is 2.76. The minimum Gasteiger partial charge on any atom is -0.394 e. The van der Waals surface area contributed by atoms with Crippen LogP contribution in [0, 0.1) is 0 Å². The van der Waals surface area contributed by atoms with E-state index in [0.717, 1.165) is 0 Å². The van der Waals surface area contributed by atoms with Gasteiger partial charge < -0.3 is 16.2 Å². The fourth-order valence-electron chi connectivity index (χ4n) is 0.435. The number of carbonyl (C=O) groups is 3. The molecule has 11 heavy (non-hydrogen) atoms. The van der Waals surface area contributed by atoms with E-state index in [0.29, 0.717) is 0 Å². The average Bonchev–Trinajstić information content (AvgIpc) is 1.86. The Hall–Kier alpha value is -1.43. The van der Waals surface area contributed by atoms with Gasteiger partial charge in [0.15, 0.2) is 0 Å². The van der Waals surface area contributed by atoms with Crippen LogP contribution >= 0.6 is 0 Å². The molecule has 1 amide bonds. The van der Waals surface area contributed by atoms with Crippen molar-refractivity contribution >= 4 is 18.3 Å². The zero-order valence-electron chi connectivity index (χ0n) is 5.65. The summed E-state index contributed by atoms with van der Waals surface area (Å²) in [5.74, 6) is -1.68. The Balaban J connectivity index is 3.81. The Morgan fingerprint density at radius 2 is 2.09 bits per heavy atom. The minimum atomic E-state index is -1.15. The van der Waals surface area contributed by atoms with Crippen molar-refractivity contribution in [2.45, 2.75) is 12.5 Å². The van der Waals surface area contributed by atoms with E-state index in [9.17, 15) is 14.4 Å². The van der Waals surface area contributed by atoms with Crippen molar-refractivity contribution in [2.75, 3.05) is 0 Å². The molecule has 0 fully saturated rings. The quantitative estimate of drug-likeness (QED) is 0.277. The standard InChI is InChI=1S/C5H8N2O4/c6-3(1-4(7)9)5(10)11-2-8/h2-3H,1,6H2,(H2,7,9)/t3-/m0/s1. The van der Waals surface area contributed by atoms with Crippen LogP contribution in [-0.2, 0) is 19.1 Å². The van der Waals surface area contributed by atoms with Crippen LogP contribution in [0.1, 0.15) is 6.42 Å². The third kappa shape index (κ3) is 4.04. The van der Waals surface area contributed by atoms with E-state index in [1.807, 2.05) is 0 Å². The molecule has 0 aliphatic rings. The Kier molecular flexibility index (Phi) is 3.82. The summed E-state index contributed by atoms with van der Waals surface area (Å²) in [6, 6.07) is -1.15. The number of ether oxygens (including phenoxy) is 1. The molecule has 0 aromatic rings. The van der Waals surface area contributed by atoms with E-state index in [2.05, 4.69) is 4.74 Å². The molecule has 0 heterocycles. The van der Waals surface area contributed by atoms with E-state index in [-0.39, 0.29) is 12.9 Å². The van der Waals surface area contributed by atoms with Crippen molar-refractivity contribution in [3.63, 3.8) is 0 Å². The van der Waals surface area contributed by atoms with Gasteiger partial charge >= 0.3 is 12.4 Å². The topological polar surface area (TPSA) is 112 Å². The summed E-state index contributed by atoms with van der Waals surface area (Å²) in [6.07, 6.45) is -0.327. The first-order chi connectivity index (χ1) is 5.07. The summed E-state index contributed by atoms with van der Waals surface area (Å²) >= 11 is 0. The molecule has 62 valence electrons. The van der Waals surface area contributed by atoms with Gasteiger partial charge in [0.05, 0.1) is 6.42 Å². The van der Waals surface area contributed by atoms with Crippen LogP contribution in [-0.4, -0.2) is 24.4 Å². The van der Waals surface area contributed by atoms with Crippen LogP contribution in [0.2, 0.25) is 0 Å². The summed E-state index contributed by atoms with van der Waals surface area (Å²) in [6.45, 7) is -0.0524. The molecule has 0 bridgehead atoms. The van der Waals surface area contributed by atoms with Crippen LogP contribution in [0.5, 0.6) is 0 Å². The van der Waals surface area contributed by atoms with Crippen molar-refractivity contribution in [3.8, 4) is 0 Å². The lowest BCUT2D eigenvalue weighted by Crippen LogP contribution is -2.36. The van der Waals surface area contributed by atoms with E-state index >= 15 is 0 Å². The zero-order chi connectivity index (χ0) is 8.85. The van der Waals surface area contributed by atoms with Crippen molar-refractivity contribution in [2.24, 2.45) is 11.5 Å². The maximum atomic E-state index is 10.5. The zero-order valence-corrected chi connectivity index (χ0v) is 5.65. The second-order valence-electron chi connectivity index (χ2n) is 1.81. The summed E-state index contributed by atoms with van der Waals surface area (Å²) in [4.78, 5) is 30.2. The maximum absolute atomic E-state index is 10.5. The average molecular weight is 160 g/mol. The summed E-state index contributed by atoms with van der Waals surface area (Å²) in [7, 11) is 0. The monoisotopic (exact) mass is 160 g/mol. The van der Waals surface area contributed by atoms with Crippen LogP contribution < -0.4 is 11.5 Å². The van der Waals surface area contributed by atoms with E-state index in [1.54, 1.807) is 0 Å². The Morgan fingerprint density at radius 3 is 2.45 bits per heavy atom. The molecule has 0 saturated carbocycles. The minimum absolute atomic E-state index is 0.0524. The van der Waals surface area contributed by atoms with Crippen LogP contribution in [0.15, 0.2) is 0 Å². The van der Waals surface area contributed by atoms with Crippen LogP contribution in [0.3, 0.4) is 0 Å². The number of nitrogens with two attached hydrogens (primary N) is 2. The third-order valence-corrected chi connectivity index (χ3v) is 0.888. The molecule has 0 aliphatic carbocycles. The van der Waals surface area contributed by atoms with Gasteiger partial charge in [0.2, 0.25) is 5.91 Å². The highest BCUT2D eigenvalue weighted by atomic mass is 16.6. The molecule has 0 aliphatic heterocycles. The van der Waals surface area contributed by atoms with Crippen LogP contribution in [0.4, 0.5) is 0 Å². The lowest BCUT2D eigenvalue weighted by Gasteiger charge is -2.03. The number of hydrogen-bond donors (Lipinski definition) is 2. The van der Waals surface area contributed by atoms with Gasteiger partial charge in [0.25, 0.3) is 0 Å². The fourth-order valence-corrected chi connectivity index (χ4v) is 0.435. The van der Waals surface area contributed by atoms with Gasteiger partial charge in [0, 0.05) is 0 Å². The molecule has 0 saturated heterocycles. The summed E-state index contributed by atoms with van der Waals surface area (Å²) in [5, 5.41) is 0. The largest absolute Gasteiger partial charge is 0.394 e. The molecule has 0 radical (unpaired) electrons. The molecule has 6 heteroatoms. The Bertz CT molecular complexity index is 179. The van der Waals surface area contributed by atoms with Crippen molar-refractivity contribution in [3.05, 3.63) is 0 Å². The lowest BCUT2D eigenvalue weighted by molar-refractivity contribution is -0.153. The van der Waals surface area contributed by atoms with Gasteiger partial charge in [-0.25, -0.2) is 4.79 Å². The normalized spacial score (nSPS) is 11.7. The number of primary amides is 1. The molecular weight excluding hydrogens is 152 g/mol. The molecule has 6 nitrogen and oxygen atoms in total. The van der Waals surface area contributed by atoms with Crippen molar-refractivity contribution in [1.29, 1.82) is 0 Å². The maximum Gasteiger partial charge on any atom is 0.330 e. The van der Waals surface area contributed by atoms with Crippen molar-refractivity contribution in [1.82, 2.24) is 0 Å². The second kappa shape index (κ2) is 4.40. The molecule has 0 aromatic carbocycles. The third-order valence-electron chi connectivity index (χ3n) is 0.888. The highest BCUT2D eigenvalue weighted by Crippen LogP contribution is 1.88. The van der Waals surface area contributed by atoms with E-state index in [1.165, 1.54) is 0 Å². The Labute approximate surface area is 62.5 Å². The van der Waals surface area contributed by atoms with Gasteiger partial charge in [-0.3, -0.25) is 9.59 Å². The number of amides is 1. The molecule has 0 unspecified atom stereocenters. The summed E-state index contributed by atoms with van der Waals surface area (Å²) in [5.41, 5.74) is 9.78. The number of hydrogen-bond acceptors (Lipinski definition) is 5. The predicted octanol–water partition coefficient (Wildman–Crippen LogP) is -2.11. The SMILES string of the molecule is NC(=O)C[C@H](N)C(=O)OC=O. The molecule has 0 spiro atoms. The lowest BCUT2D eigenvalue weighted by atomic mass is 10.2. The molecule has 0 aromatic heterocycles. The number of carbonyl (C=O) groups excluding carboxylic acids is 3. The first kappa shape index (κ1) is 9.57. The number of esters is 1. The predicted molar refractivity (Wildman–Crippen MR) is 33.9 cm³/mol. The molecule has 1 atom stereocenters. The van der Waals surface area contributed by atoms with Crippen molar-refractivity contribution < 1.29 is 19.1 Å². The molecule has 0 rings (SSSR count). The highest BCUT2D eigenvalue weighted by Gasteiger charge is 2.16. The Morgan fingerprint density at radius 1 is 1.55 bits per heavy atom. The van der Waals surface area contributed by atoms with E-state index in [4.69, 9.17) is 11.5 Å². The van der Waals surface area contributed by atoms with Crippen LogP contribution in [0.25, 0.3) is 0 Å². The summed E-state index contributed by atoms with van der Waals surface area (Å²) < 4.78 is 3.85. The van der Waals surface area contributed by atoms with Gasteiger partial charge in [-0.1, -0.05) is 0 Å². The van der Waals surface area contributed by atoms with Gasteiger partial charge in [-0.05, 0) is 0 Å². The smallest absolute Gasteiger partial charge is 0.330 e. The fraction of sp³-hybridized carbons (Fsp3) is 0.400. The number of rotatable bonds is 4. The van der Waals surface area contributed by atoms with Gasteiger partial charge in [-0.15, -0.1) is 0 Å². The second-order valence-corrected chi connectivity index (χ2v) is 1.81. The first-order valence-electron chi connectivity index (χ1n) is 2.76. The van der Waals surface area contributed by atoms with Gasteiger partial charge in [0.1, 0.15) is 6.04 Å². The van der Waals surface area contributed by atoms with E-state index < -0.39 is 17.9 Å². The molecular formula is C5H8N2O4. The van der Waals surface area contributed by atoms with Gasteiger partial charge in [-0.2, -0.15) is 0 Å².